The Labute approximate surface area is 192 Å². The molecule has 0 aliphatic heterocycles. The molecule has 0 radical (unpaired) electrons. The third kappa shape index (κ3) is 4.07. The zero-order chi connectivity index (χ0) is 22.4. The summed E-state index contributed by atoms with van der Waals surface area (Å²) >= 11 is 0. The molecule has 0 aromatic rings. The van der Waals surface area contributed by atoms with Crippen LogP contribution in [0, 0.1) is 40.4 Å². The van der Waals surface area contributed by atoms with Crippen LogP contribution in [0.5, 0.6) is 0 Å². The summed E-state index contributed by atoms with van der Waals surface area (Å²) in [7, 11) is 0. The fourth-order valence-electron chi connectivity index (χ4n) is 9.17. The van der Waals surface area contributed by atoms with E-state index in [1.165, 1.54) is 51.4 Å². The summed E-state index contributed by atoms with van der Waals surface area (Å²) in [6, 6.07) is 0. The van der Waals surface area contributed by atoms with E-state index in [1.54, 1.807) is 5.57 Å². The molecule has 2 nitrogen and oxygen atoms in total. The molecule has 3 saturated carbocycles. The van der Waals surface area contributed by atoms with Crippen LogP contribution in [0.2, 0.25) is 0 Å². The Morgan fingerprint density at radius 2 is 1.81 bits per heavy atom. The summed E-state index contributed by atoms with van der Waals surface area (Å²) in [6.45, 7) is 12.0. The first kappa shape index (κ1) is 23.8. The predicted molar refractivity (Wildman–Crippen MR) is 130 cm³/mol. The lowest BCUT2D eigenvalue weighted by molar-refractivity contribution is -0.0577. The normalized spacial score (nSPS) is 43.6. The predicted octanol–water partition coefficient (Wildman–Crippen LogP) is 7.28. The van der Waals surface area contributed by atoms with E-state index in [9.17, 15) is 10.2 Å². The van der Waals surface area contributed by atoms with Gasteiger partial charge in [-0.05, 0) is 111 Å². The molecule has 2 N–H and O–H groups in total. The van der Waals surface area contributed by atoms with Gasteiger partial charge in [0.05, 0.1) is 11.7 Å². The van der Waals surface area contributed by atoms with E-state index in [0.29, 0.717) is 10.8 Å². The van der Waals surface area contributed by atoms with Crippen molar-refractivity contribution >= 4 is 0 Å². The van der Waals surface area contributed by atoms with E-state index < -0.39 is 5.60 Å². The van der Waals surface area contributed by atoms with Crippen molar-refractivity contribution in [3.63, 3.8) is 0 Å². The largest absolute Gasteiger partial charge is 0.393 e. The first-order valence-corrected chi connectivity index (χ1v) is 13.8. The monoisotopic (exact) mass is 430 g/mol. The Bertz CT molecular complexity index is 664. The van der Waals surface area contributed by atoms with Crippen LogP contribution in [0.25, 0.3) is 0 Å². The number of aliphatic hydroxyl groups excluding tert-OH is 1. The minimum atomic E-state index is -0.435. The van der Waals surface area contributed by atoms with E-state index in [0.717, 1.165) is 61.7 Å². The molecule has 178 valence electrons. The molecular weight excluding hydrogens is 380 g/mol. The second kappa shape index (κ2) is 8.79. The zero-order valence-electron chi connectivity index (χ0n) is 21.1. The van der Waals surface area contributed by atoms with Crippen molar-refractivity contribution in [3.8, 4) is 0 Å². The van der Waals surface area contributed by atoms with Gasteiger partial charge in [0.15, 0.2) is 0 Å². The van der Waals surface area contributed by atoms with Gasteiger partial charge in [-0.1, -0.05) is 59.1 Å². The minimum absolute atomic E-state index is 0.0977. The summed E-state index contributed by atoms with van der Waals surface area (Å²) in [5.74, 6) is 4.24. The summed E-state index contributed by atoms with van der Waals surface area (Å²) in [5, 5.41) is 20.9. The quantitative estimate of drug-likeness (QED) is 0.416. The second-order valence-electron chi connectivity index (χ2n) is 12.7. The molecule has 4 aliphatic carbocycles. The van der Waals surface area contributed by atoms with Crippen LogP contribution in [0.1, 0.15) is 118 Å². The molecule has 0 unspecified atom stereocenters. The van der Waals surface area contributed by atoms with Crippen molar-refractivity contribution in [1.29, 1.82) is 0 Å². The maximum absolute atomic E-state index is 10.7. The van der Waals surface area contributed by atoms with Gasteiger partial charge >= 0.3 is 0 Å². The summed E-state index contributed by atoms with van der Waals surface area (Å²) in [6.07, 6.45) is 17.7. The van der Waals surface area contributed by atoms with Gasteiger partial charge in [0.25, 0.3) is 0 Å². The molecule has 31 heavy (non-hydrogen) atoms. The fraction of sp³-hybridized carbons (Fsp3) is 0.931. The highest BCUT2D eigenvalue weighted by Gasteiger charge is 2.59. The molecule has 0 aromatic heterocycles. The molecule has 2 heteroatoms. The maximum atomic E-state index is 10.7. The Morgan fingerprint density at radius 1 is 1.06 bits per heavy atom. The average molecular weight is 431 g/mol. The number of hydrogen-bond acceptors (Lipinski definition) is 2. The van der Waals surface area contributed by atoms with Gasteiger partial charge < -0.3 is 10.2 Å². The van der Waals surface area contributed by atoms with Crippen LogP contribution >= 0.6 is 0 Å². The third-order valence-electron chi connectivity index (χ3n) is 11.5. The van der Waals surface area contributed by atoms with E-state index >= 15 is 0 Å². The topological polar surface area (TPSA) is 40.5 Å². The van der Waals surface area contributed by atoms with E-state index in [2.05, 4.69) is 40.7 Å². The lowest BCUT2D eigenvalue weighted by atomic mass is 9.47. The molecule has 3 fully saturated rings. The summed E-state index contributed by atoms with van der Waals surface area (Å²) in [4.78, 5) is 0. The van der Waals surface area contributed by atoms with Crippen molar-refractivity contribution in [2.75, 3.05) is 0 Å². The first-order chi connectivity index (χ1) is 14.7. The molecule has 0 spiro atoms. The molecule has 0 amide bonds. The molecule has 4 aliphatic rings. The highest BCUT2D eigenvalue weighted by molar-refractivity contribution is 5.25. The van der Waals surface area contributed by atoms with Gasteiger partial charge in [-0.3, -0.25) is 0 Å². The third-order valence-corrected chi connectivity index (χ3v) is 11.5. The molecule has 0 aromatic carbocycles. The Kier molecular flexibility index (Phi) is 6.75. The molecule has 8 atom stereocenters. The van der Waals surface area contributed by atoms with Crippen LogP contribution in [0.15, 0.2) is 11.6 Å². The van der Waals surface area contributed by atoms with Crippen LogP contribution in [0.3, 0.4) is 0 Å². The smallest absolute Gasteiger partial charge is 0.0642 e. The zero-order valence-corrected chi connectivity index (χ0v) is 21.1. The second-order valence-corrected chi connectivity index (χ2v) is 12.7. The van der Waals surface area contributed by atoms with Crippen molar-refractivity contribution in [3.05, 3.63) is 11.6 Å². The molecule has 4 rings (SSSR count). The Morgan fingerprint density at radius 3 is 2.52 bits per heavy atom. The van der Waals surface area contributed by atoms with Crippen LogP contribution in [-0.2, 0) is 0 Å². The van der Waals surface area contributed by atoms with Gasteiger partial charge in [-0.2, -0.15) is 0 Å². The van der Waals surface area contributed by atoms with E-state index in [4.69, 9.17) is 0 Å². The molecular formula is C29H50O2. The highest BCUT2D eigenvalue weighted by Crippen LogP contribution is 2.67. The van der Waals surface area contributed by atoms with Crippen LogP contribution < -0.4 is 0 Å². The van der Waals surface area contributed by atoms with Gasteiger partial charge in [-0.25, -0.2) is 0 Å². The van der Waals surface area contributed by atoms with Crippen molar-refractivity contribution in [2.45, 2.75) is 130 Å². The van der Waals surface area contributed by atoms with E-state index in [-0.39, 0.29) is 6.10 Å². The average Bonchev–Trinajstić information content (AvgIpc) is 3.11. The SMILES string of the molecule is CCC(O)(CC)CCC[C@@H](C)[C@H]1CC[C@H]2[C@@H]3CC=C4C[C@@H](O)CC[C@]4(C)[C@H]3CC[C@]12C. The summed E-state index contributed by atoms with van der Waals surface area (Å²) in [5.41, 5.74) is 2.04. The first-order valence-electron chi connectivity index (χ1n) is 13.8. The number of rotatable bonds is 7. The van der Waals surface area contributed by atoms with E-state index in [1.807, 2.05) is 0 Å². The van der Waals surface area contributed by atoms with Gasteiger partial charge in [0, 0.05) is 0 Å². The fourth-order valence-corrected chi connectivity index (χ4v) is 9.17. The van der Waals surface area contributed by atoms with Gasteiger partial charge in [0.1, 0.15) is 0 Å². The highest BCUT2D eigenvalue weighted by atomic mass is 16.3. The summed E-state index contributed by atoms with van der Waals surface area (Å²) < 4.78 is 0. The number of fused-ring (bicyclic) bond motifs is 5. The molecule has 0 saturated heterocycles. The number of allylic oxidation sites excluding steroid dienone is 1. The van der Waals surface area contributed by atoms with Crippen molar-refractivity contribution in [1.82, 2.24) is 0 Å². The lowest BCUT2D eigenvalue weighted by Crippen LogP contribution is -2.50. The molecule has 0 heterocycles. The Hall–Kier alpha value is -0.340. The van der Waals surface area contributed by atoms with Crippen LogP contribution in [-0.4, -0.2) is 21.9 Å². The minimum Gasteiger partial charge on any atom is -0.393 e. The lowest BCUT2D eigenvalue weighted by Gasteiger charge is -2.58. The molecule has 0 bridgehead atoms. The van der Waals surface area contributed by atoms with Crippen molar-refractivity contribution < 1.29 is 10.2 Å². The number of hydrogen-bond donors (Lipinski definition) is 2. The van der Waals surface area contributed by atoms with Crippen molar-refractivity contribution in [2.24, 2.45) is 40.4 Å². The maximum Gasteiger partial charge on any atom is 0.0642 e. The standard InChI is InChI=1S/C29H50O2/c1-6-29(31,7-2)16-8-9-20(3)24-12-13-25-23-11-10-21-19-22(30)14-17-27(21,4)26(23)15-18-28(24,25)5/h10,20,22-26,30-31H,6-9,11-19H2,1-5H3/t20-,22+,23+,24-,25+,26+,27+,28-/m1/s1. The van der Waals surface area contributed by atoms with Gasteiger partial charge in [0.2, 0.25) is 0 Å². The Balaban J connectivity index is 1.43. The number of aliphatic hydroxyl groups is 2. The van der Waals surface area contributed by atoms with Gasteiger partial charge in [-0.15, -0.1) is 0 Å². The van der Waals surface area contributed by atoms with Crippen LogP contribution in [0.4, 0.5) is 0 Å².